The predicted octanol–water partition coefficient (Wildman–Crippen LogP) is 4.47. The summed E-state index contributed by atoms with van der Waals surface area (Å²) in [4.78, 5) is 4.14. The number of rotatable bonds is 0. The second-order valence-corrected chi connectivity index (χ2v) is 4.21. The monoisotopic (exact) mass is 265 g/mol. The van der Waals surface area contributed by atoms with Crippen LogP contribution in [0.1, 0.15) is 5.56 Å². The van der Waals surface area contributed by atoms with Crippen molar-refractivity contribution >= 4 is 23.5 Å². The largest absolute Gasteiger partial charge is 0.454 e. The van der Waals surface area contributed by atoms with Crippen molar-refractivity contribution in [2.45, 2.75) is 0 Å². The van der Waals surface area contributed by atoms with Gasteiger partial charge < -0.3 is 4.74 Å². The summed E-state index contributed by atoms with van der Waals surface area (Å²) in [5, 5.41) is 0.512. The summed E-state index contributed by atoms with van der Waals surface area (Å²) in [6, 6.07) is 6.93. The van der Waals surface area contributed by atoms with E-state index < -0.39 is 11.6 Å². The molecule has 0 aromatic heterocycles. The third kappa shape index (κ3) is 1.84. The Hall–Kier alpha value is -1.94. The van der Waals surface area contributed by atoms with Gasteiger partial charge in [-0.15, -0.1) is 0 Å². The first-order valence-corrected chi connectivity index (χ1v) is 5.52. The maximum absolute atomic E-state index is 13.2. The van der Waals surface area contributed by atoms with E-state index in [9.17, 15) is 8.78 Å². The van der Waals surface area contributed by atoms with Gasteiger partial charge in [-0.25, -0.2) is 8.78 Å². The highest BCUT2D eigenvalue weighted by Gasteiger charge is 2.15. The lowest BCUT2D eigenvalue weighted by Crippen LogP contribution is -1.93. The van der Waals surface area contributed by atoms with Gasteiger partial charge in [0.05, 0.1) is 0 Å². The Labute approximate surface area is 106 Å². The molecule has 0 bridgehead atoms. The molecule has 1 aliphatic heterocycles. The lowest BCUT2D eigenvalue weighted by Gasteiger charge is -2.08. The summed E-state index contributed by atoms with van der Waals surface area (Å²) in [6.07, 6.45) is 1.42. The number of aliphatic imine (C=N–C) groups is 1. The van der Waals surface area contributed by atoms with Crippen LogP contribution in [0.2, 0.25) is 5.02 Å². The third-order valence-corrected chi connectivity index (χ3v) is 2.77. The molecule has 90 valence electrons. The third-order valence-electron chi connectivity index (χ3n) is 2.54. The van der Waals surface area contributed by atoms with Crippen molar-refractivity contribution in [1.82, 2.24) is 0 Å². The lowest BCUT2D eigenvalue weighted by molar-refractivity contribution is 0.463. The van der Waals surface area contributed by atoms with Crippen molar-refractivity contribution in [2.24, 2.45) is 4.99 Å². The van der Waals surface area contributed by atoms with Gasteiger partial charge in [-0.1, -0.05) is 11.6 Å². The van der Waals surface area contributed by atoms with Gasteiger partial charge in [-0.3, -0.25) is 4.99 Å². The first kappa shape index (κ1) is 11.2. The van der Waals surface area contributed by atoms with E-state index in [1.165, 1.54) is 6.21 Å². The second-order valence-electron chi connectivity index (χ2n) is 3.78. The normalized spacial score (nSPS) is 12.4. The Morgan fingerprint density at radius 2 is 1.78 bits per heavy atom. The van der Waals surface area contributed by atoms with Gasteiger partial charge >= 0.3 is 0 Å². The zero-order chi connectivity index (χ0) is 12.7. The minimum absolute atomic E-state index is 0.221. The average Bonchev–Trinajstić information content (AvgIpc) is 2.50. The van der Waals surface area contributed by atoms with Gasteiger partial charge in [0.2, 0.25) is 0 Å². The van der Waals surface area contributed by atoms with Gasteiger partial charge in [-0.05, 0) is 24.3 Å². The molecular formula is C13H6ClF2NO. The molecule has 18 heavy (non-hydrogen) atoms. The standard InChI is InChI=1S/C13H6ClF2NO/c14-8-1-2-12-11(4-8)17-6-7-3-9(15)10(16)5-13(7)18-12/h1-6H. The molecule has 0 aliphatic carbocycles. The van der Waals surface area contributed by atoms with Crippen molar-refractivity contribution in [3.05, 3.63) is 52.6 Å². The number of hydrogen-bond acceptors (Lipinski definition) is 2. The van der Waals surface area contributed by atoms with E-state index in [0.29, 0.717) is 22.0 Å². The molecule has 0 atom stereocenters. The zero-order valence-electron chi connectivity index (χ0n) is 8.95. The molecule has 2 nitrogen and oxygen atoms in total. The van der Waals surface area contributed by atoms with E-state index in [0.717, 1.165) is 12.1 Å². The van der Waals surface area contributed by atoms with Crippen molar-refractivity contribution in [3.63, 3.8) is 0 Å². The van der Waals surface area contributed by atoms with Crippen molar-refractivity contribution in [3.8, 4) is 11.5 Å². The van der Waals surface area contributed by atoms with Crippen LogP contribution in [-0.4, -0.2) is 6.21 Å². The maximum Gasteiger partial charge on any atom is 0.162 e. The quantitative estimate of drug-likeness (QED) is 0.587. The molecule has 0 fully saturated rings. The van der Waals surface area contributed by atoms with Gasteiger partial charge in [0.25, 0.3) is 0 Å². The van der Waals surface area contributed by atoms with Crippen LogP contribution in [0.15, 0.2) is 35.3 Å². The molecule has 0 N–H and O–H groups in total. The van der Waals surface area contributed by atoms with E-state index in [1.54, 1.807) is 18.2 Å². The Morgan fingerprint density at radius 3 is 2.61 bits per heavy atom. The molecule has 0 radical (unpaired) electrons. The Morgan fingerprint density at radius 1 is 1.00 bits per heavy atom. The first-order valence-electron chi connectivity index (χ1n) is 5.14. The molecular weight excluding hydrogens is 260 g/mol. The van der Waals surface area contributed by atoms with E-state index in [1.807, 2.05) is 0 Å². The molecule has 2 aromatic rings. The number of fused-ring (bicyclic) bond motifs is 2. The molecule has 1 heterocycles. The molecule has 3 rings (SSSR count). The SMILES string of the molecule is Fc1cc2c(cc1F)Oc1ccc(Cl)cc1N=C2. The average molecular weight is 266 g/mol. The van der Waals surface area contributed by atoms with E-state index in [2.05, 4.69) is 4.99 Å². The number of hydrogen-bond donors (Lipinski definition) is 0. The number of halogens is 3. The van der Waals surface area contributed by atoms with Crippen LogP contribution in [0.3, 0.4) is 0 Å². The highest BCUT2D eigenvalue weighted by molar-refractivity contribution is 6.30. The first-order chi connectivity index (χ1) is 8.63. The number of benzene rings is 2. The summed E-state index contributed by atoms with van der Waals surface area (Å²) in [6.45, 7) is 0. The molecule has 0 saturated carbocycles. The Bertz CT molecular complexity index is 670. The van der Waals surface area contributed by atoms with Crippen LogP contribution < -0.4 is 4.74 Å². The summed E-state index contributed by atoms with van der Waals surface area (Å²) in [5.41, 5.74) is 0.890. The van der Waals surface area contributed by atoms with E-state index in [-0.39, 0.29) is 5.75 Å². The van der Waals surface area contributed by atoms with Crippen LogP contribution in [0.4, 0.5) is 14.5 Å². The van der Waals surface area contributed by atoms with Crippen LogP contribution >= 0.6 is 11.6 Å². The molecule has 0 saturated heterocycles. The smallest absolute Gasteiger partial charge is 0.162 e. The molecule has 0 unspecified atom stereocenters. The fraction of sp³-hybridized carbons (Fsp3) is 0. The topological polar surface area (TPSA) is 21.6 Å². The Kier molecular flexibility index (Phi) is 2.52. The fourth-order valence-electron chi connectivity index (χ4n) is 1.67. The molecule has 1 aliphatic rings. The summed E-state index contributed by atoms with van der Waals surface area (Å²) >= 11 is 5.84. The lowest BCUT2D eigenvalue weighted by atomic mass is 10.2. The van der Waals surface area contributed by atoms with Crippen molar-refractivity contribution in [1.29, 1.82) is 0 Å². The van der Waals surface area contributed by atoms with E-state index >= 15 is 0 Å². The van der Waals surface area contributed by atoms with E-state index in [4.69, 9.17) is 16.3 Å². The predicted molar refractivity (Wildman–Crippen MR) is 65.1 cm³/mol. The maximum atomic E-state index is 13.2. The minimum atomic E-state index is -0.959. The summed E-state index contributed by atoms with van der Waals surface area (Å²) < 4.78 is 31.8. The van der Waals surface area contributed by atoms with Crippen LogP contribution in [0.25, 0.3) is 0 Å². The minimum Gasteiger partial charge on any atom is -0.454 e. The Balaban J connectivity index is 2.17. The molecule has 0 spiro atoms. The van der Waals surface area contributed by atoms with Gasteiger partial charge in [-0.2, -0.15) is 0 Å². The van der Waals surface area contributed by atoms with Gasteiger partial charge in [0.15, 0.2) is 17.4 Å². The highest BCUT2D eigenvalue weighted by atomic mass is 35.5. The summed E-state index contributed by atoms with van der Waals surface area (Å²) in [7, 11) is 0. The van der Waals surface area contributed by atoms with Gasteiger partial charge in [0, 0.05) is 22.9 Å². The number of ether oxygens (including phenoxy) is 1. The van der Waals surface area contributed by atoms with Crippen molar-refractivity contribution in [2.75, 3.05) is 0 Å². The summed E-state index contributed by atoms with van der Waals surface area (Å²) in [5.74, 6) is -1.23. The van der Waals surface area contributed by atoms with Gasteiger partial charge in [0.1, 0.15) is 11.4 Å². The number of nitrogens with zero attached hydrogens (tertiary/aromatic N) is 1. The fourth-order valence-corrected chi connectivity index (χ4v) is 1.83. The van der Waals surface area contributed by atoms with Crippen molar-refractivity contribution < 1.29 is 13.5 Å². The van der Waals surface area contributed by atoms with Crippen LogP contribution in [0, 0.1) is 11.6 Å². The van der Waals surface area contributed by atoms with Crippen LogP contribution in [0.5, 0.6) is 11.5 Å². The molecule has 0 amide bonds. The zero-order valence-corrected chi connectivity index (χ0v) is 9.71. The highest BCUT2D eigenvalue weighted by Crippen LogP contribution is 2.38. The molecule has 2 aromatic carbocycles. The molecule has 5 heteroatoms. The van der Waals surface area contributed by atoms with Crippen LogP contribution in [-0.2, 0) is 0 Å². The second kappa shape index (κ2) is 4.07.